The molecule has 0 fully saturated rings. The van der Waals surface area contributed by atoms with Crippen molar-refractivity contribution in [3.63, 3.8) is 0 Å². The normalized spacial score (nSPS) is 11.8. The number of ether oxygens (including phenoxy) is 2. The molecule has 2 N–H and O–H groups in total. The molecule has 0 heterocycles. The zero-order chi connectivity index (χ0) is 32.8. The third-order valence-corrected chi connectivity index (χ3v) is 7.19. The van der Waals surface area contributed by atoms with Gasteiger partial charge >= 0.3 is 0 Å². The first-order valence-corrected chi connectivity index (χ1v) is 15.4. The van der Waals surface area contributed by atoms with E-state index in [9.17, 15) is 20.0 Å². The van der Waals surface area contributed by atoms with Gasteiger partial charge in [-0.25, -0.2) is 0 Å². The highest BCUT2D eigenvalue weighted by molar-refractivity contribution is 6.05. The molecule has 8 nitrogen and oxygen atoms in total. The molecule has 0 saturated heterocycles. The van der Waals surface area contributed by atoms with Crippen molar-refractivity contribution in [3.8, 4) is 23.0 Å². The molecule has 0 bridgehead atoms. The fraction of sp³-hybridized carbons (Fsp3) is 0.378. The van der Waals surface area contributed by atoms with Gasteiger partial charge in [0.2, 0.25) is 0 Å². The molecule has 45 heavy (non-hydrogen) atoms. The van der Waals surface area contributed by atoms with Crippen LogP contribution in [0.5, 0.6) is 23.0 Å². The number of amides is 1. The summed E-state index contributed by atoms with van der Waals surface area (Å²) in [7, 11) is 0. The van der Waals surface area contributed by atoms with Crippen molar-refractivity contribution >= 4 is 22.4 Å². The first kappa shape index (κ1) is 33.3. The molecular weight excluding hydrogens is 568 g/mol. The number of nitrogens with one attached hydrogen (secondary N) is 1. The molecule has 0 aliphatic rings. The molecule has 0 atom stereocenters. The van der Waals surface area contributed by atoms with E-state index in [0.717, 1.165) is 25.0 Å². The molecule has 8 heteroatoms. The van der Waals surface area contributed by atoms with E-state index in [1.54, 1.807) is 24.3 Å². The number of carbonyl (C=O) groups is 1. The zero-order valence-corrected chi connectivity index (χ0v) is 27.1. The summed E-state index contributed by atoms with van der Waals surface area (Å²) in [5.74, 6) is 1.08. The minimum absolute atomic E-state index is 0.0530. The number of rotatable bonds is 12. The predicted molar refractivity (Wildman–Crippen MR) is 179 cm³/mol. The highest BCUT2D eigenvalue weighted by atomic mass is 16.6. The monoisotopic (exact) mass is 612 g/mol. The number of aromatic hydroxyl groups is 1. The minimum Gasteiger partial charge on any atom is -0.506 e. The number of hydrogen-bond acceptors (Lipinski definition) is 6. The van der Waals surface area contributed by atoms with Gasteiger partial charge in [-0.15, -0.1) is 0 Å². The van der Waals surface area contributed by atoms with Crippen LogP contribution in [0.25, 0.3) is 10.8 Å². The number of nitrogens with zero attached hydrogens (tertiary/aromatic N) is 1. The smallest absolute Gasteiger partial charge is 0.269 e. The third kappa shape index (κ3) is 9.45. The number of carbonyl (C=O) groups excluding carboxylic acids is 1. The van der Waals surface area contributed by atoms with E-state index in [1.165, 1.54) is 41.5 Å². The highest BCUT2D eigenvalue weighted by Gasteiger charge is 2.20. The van der Waals surface area contributed by atoms with Crippen LogP contribution < -0.4 is 14.8 Å². The Morgan fingerprint density at radius 3 is 2.16 bits per heavy atom. The Morgan fingerprint density at radius 1 is 0.844 bits per heavy atom. The Kier molecular flexibility index (Phi) is 10.4. The van der Waals surface area contributed by atoms with Crippen LogP contribution in [-0.4, -0.2) is 29.1 Å². The van der Waals surface area contributed by atoms with Crippen molar-refractivity contribution in [2.75, 3.05) is 13.2 Å². The average molecular weight is 613 g/mol. The number of unbranched alkanes of at least 4 members (excludes halogenated alkanes) is 1. The molecule has 0 spiro atoms. The highest BCUT2D eigenvalue weighted by Crippen LogP contribution is 2.38. The maximum absolute atomic E-state index is 13.2. The van der Waals surface area contributed by atoms with Crippen LogP contribution in [-0.2, 0) is 12.8 Å². The lowest BCUT2D eigenvalue weighted by molar-refractivity contribution is -0.384. The van der Waals surface area contributed by atoms with Gasteiger partial charge in [0.25, 0.3) is 11.6 Å². The second-order valence-corrected chi connectivity index (χ2v) is 13.9. The standard InChI is InChI=1S/C37H44N2O6/c1-36(2,3)23-25-13-18-32(26(21-25)24-37(4,5)6)44-20-10-9-19-38-35(41)31-22-33(29-11-7-8-12-30(29)34(31)40)45-28-16-14-27(15-17-28)39(42)43/h7-8,11-18,21-22,40H,9-10,19-20,23-24H2,1-6H3,(H,38,41). The first-order chi connectivity index (χ1) is 21.2. The topological polar surface area (TPSA) is 111 Å². The molecule has 4 rings (SSSR count). The summed E-state index contributed by atoms with van der Waals surface area (Å²) in [5, 5.41) is 25.9. The van der Waals surface area contributed by atoms with Crippen LogP contribution in [0, 0.1) is 20.9 Å². The lowest BCUT2D eigenvalue weighted by atomic mass is 9.84. The Labute approximate surface area is 265 Å². The molecule has 0 aliphatic carbocycles. The van der Waals surface area contributed by atoms with Crippen LogP contribution in [0.4, 0.5) is 5.69 Å². The molecule has 4 aromatic rings. The van der Waals surface area contributed by atoms with Crippen LogP contribution in [0.2, 0.25) is 0 Å². The molecule has 0 saturated carbocycles. The van der Waals surface area contributed by atoms with Crippen molar-refractivity contribution in [1.29, 1.82) is 0 Å². The minimum atomic E-state index is -0.482. The summed E-state index contributed by atoms with van der Waals surface area (Å²) in [6.45, 7) is 14.4. The van der Waals surface area contributed by atoms with Gasteiger partial charge in [0, 0.05) is 29.4 Å². The molecule has 0 aliphatic heterocycles. The summed E-state index contributed by atoms with van der Waals surface area (Å²) < 4.78 is 12.2. The van der Waals surface area contributed by atoms with E-state index in [1.807, 2.05) is 0 Å². The van der Waals surface area contributed by atoms with Crippen molar-refractivity contribution in [2.45, 2.75) is 67.2 Å². The van der Waals surface area contributed by atoms with Crippen molar-refractivity contribution in [1.82, 2.24) is 5.32 Å². The molecule has 0 aromatic heterocycles. The maximum Gasteiger partial charge on any atom is 0.269 e. The van der Waals surface area contributed by atoms with Gasteiger partial charge in [-0.3, -0.25) is 14.9 Å². The molecule has 4 aromatic carbocycles. The van der Waals surface area contributed by atoms with E-state index in [0.29, 0.717) is 41.8 Å². The lowest BCUT2D eigenvalue weighted by Crippen LogP contribution is -2.25. The zero-order valence-electron chi connectivity index (χ0n) is 27.1. The third-order valence-electron chi connectivity index (χ3n) is 7.19. The number of nitro benzene ring substituents is 1. The van der Waals surface area contributed by atoms with E-state index in [4.69, 9.17) is 9.47 Å². The summed E-state index contributed by atoms with van der Waals surface area (Å²) in [4.78, 5) is 23.7. The summed E-state index contributed by atoms with van der Waals surface area (Å²) >= 11 is 0. The van der Waals surface area contributed by atoms with Gasteiger partial charge < -0.3 is 19.9 Å². The van der Waals surface area contributed by atoms with Gasteiger partial charge in [-0.1, -0.05) is 77.9 Å². The van der Waals surface area contributed by atoms with E-state index < -0.39 is 10.8 Å². The fourth-order valence-corrected chi connectivity index (χ4v) is 5.26. The maximum atomic E-state index is 13.2. The van der Waals surface area contributed by atoms with Gasteiger partial charge in [-0.2, -0.15) is 0 Å². The van der Waals surface area contributed by atoms with E-state index in [-0.39, 0.29) is 27.8 Å². The Hall–Kier alpha value is -4.59. The lowest BCUT2D eigenvalue weighted by Gasteiger charge is -2.23. The Bertz CT molecular complexity index is 1650. The first-order valence-electron chi connectivity index (χ1n) is 15.4. The summed E-state index contributed by atoms with van der Waals surface area (Å²) in [6, 6.07) is 20.8. The number of phenolic OH excluding ortho intramolecular Hbond substituents is 1. The number of phenols is 1. The van der Waals surface area contributed by atoms with E-state index >= 15 is 0 Å². The van der Waals surface area contributed by atoms with Crippen molar-refractivity contribution in [3.05, 3.63) is 99.6 Å². The van der Waals surface area contributed by atoms with Gasteiger partial charge in [0.15, 0.2) is 0 Å². The fourth-order valence-electron chi connectivity index (χ4n) is 5.26. The second kappa shape index (κ2) is 14.0. The van der Waals surface area contributed by atoms with Crippen molar-refractivity contribution < 1.29 is 24.3 Å². The number of fused-ring (bicyclic) bond motifs is 1. The molecule has 238 valence electrons. The van der Waals surface area contributed by atoms with Gasteiger partial charge in [-0.05, 0) is 71.9 Å². The van der Waals surface area contributed by atoms with Crippen LogP contribution in [0.1, 0.15) is 75.9 Å². The van der Waals surface area contributed by atoms with Gasteiger partial charge in [0.05, 0.1) is 17.1 Å². The largest absolute Gasteiger partial charge is 0.506 e. The predicted octanol–water partition coefficient (Wildman–Crippen LogP) is 9.01. The Morgan fingerprint density at radius 2 is 1.51 bits per heavy atom. The molecular formula is C37H44N2O6. The number of non-ortho nitro benzene ring substituents is 1. The molecule has 0 unspecified atom stereocenters. The van der Waals surface area contributed by atoms with Crippen LogP contribution in [0.3, 0.4) is 0 Å². The molecule has 1 amide bonds. The van der Waals surface area contributed by atoms with Crippen LogP contribution >= 0.6 is 0 Å². The van der Waals surface area contributed by atoms with E-state index in [2.05, 4.69) is 65.1 Å². The number of hydrogen-bond donors (Lipinski definition) is 2. The van der Waals surface area contributed by atoms with Crippen molar-refractivity contribution in [2.24, 2.45) is 10.8 Å². The van der Waals surface area contributed by atoms with Gasteiger partial charge in [0.1, 0.15) is 23.0 Å². The SMILES string of the molecule is CC(C)(C)Cc1ccc(OCCCCNC(=O)c2cc(Oc3ccc([N+](=O)[O-])cc3)c3ccccc3c2O)c(CC(C)(C)C)c1. The molecule has 0 radical (unpaired) electrons. The van der Waals surface area contributed by atoms with Crippen LogP contribution in [0.15, 0.2) is 72.8 Å². The number of benzene rings is 4. The Balaban J connectivity index is 1.37. The summed E-state index contributed by atoms with van der Waals surface area (Å²) in [5.41, 5.74) is 2.90. The quantitative estimate of drug-likeness (QED) is 0.0938. The summed E-state index contributed by atoms with van der Waals surface area (Å²) in [6.07, 6.45) is 3.36. The number of nitro groups is 1. The second-order valence-electron chi connectivity index (χ2n) is 13.9. The average Bonchev–Trinajstić information content (AvgIpc) is 2.96.